The molecular weight excluding hydrogens is 604 g/mol. The Morgan fingerprint density at radius 3 is 2.48 bits per heavy atom. The van der Waals surface area contributed by atoms with Crippen LogP contribution in [0.25, 0.3) is 11.0 Å². The van der Waals surface area contributed by atoms with Gasteiger partial charge >= 0.3 is 0 Å². The molecule has 5 heterocycles. The van der Waals surface area contributed by atoms with E-state index in [-0.39, 0.29) is 31.0 Å². The summed E-state index contributed by atoms with van der Waals surface area (Å²) >= 11 is 1.53. The fourth-order valence-corrected chi connectivity index (χ4v) is 9.89. The molecule has 240 valence electrons. The molecule has 0 saturated carbocycles. The third-order valence-electron chi connectivity index (χ3n) is 9.84. The van der Waals surface area contributed by atoms with Crippen molar-refractivity contribution in [1.82, 2.24) is 24.8 Å². The van der Waals surface area contributed by atoms with Gasteiger partial charge in [-0.1, -0.05) is 48.6 Å². The minimum Gasteiger partial charge on any atom is -0.494 e. The number of hydrogen-bond donors (Lipinski definition) is 1. The van der Waals surface area contributed by atoms with E-state index in [1.807, 2.05) is 93.6 Å². The van der Waals surface area contributed by atoms with E-state index in [9.17, 15) is 19.5 Å². The van der Waals surface area contributed by atoms with Crippen LogP contribution in [0.3, 0.4) is 0 Å². The van der Waals surface area contributed by atoms with E-state index < -0.39 is 33.4 Å². The van der Waals surface area contributed by atoms with Crippen molar-refractivity contribution in [3.8, 4) is 5.75 Å². The first kappa shape index (κ1) is 30.5. The number of aliphatic hydroxyl groups is 1. The number of ether oxygens (including phenoxy) is 1. The molecule has 2 fully saturated rings. The molecule has 4 aliphatic heterocycles. The summed E-state index contributed by atoms with van der Waals surface area (Å²) < 4.78 is 5.54. The number of thioether (sulfide) groups is 1. The fraction of sp³-hybridized carbons (Fsp3) is 0.441. The molecule has 2 aromatic carbocycles. The predicted octanol–water partition coefficient (Wildman–Crippen LogP) is 3.25. The molecule has 1 aromatic heterocycles. The second kappa shape index (κ2) is 11.6. The van der Waals surface area contributed by atoms with Crippen LogP contribution in [0.5, 0.6) is 5.75 Å². The Labute approximate surface area is 271 Å². The summed E-state index contributed by atoms with van der Waals surface area (Å²) in [6, 6.07) is 13.5. The summed E-state index contributed by atoms with van der Waals surface area (Å²) in [4.78, 5) is 49.2. The zero-order valence-electron chi connectivity index (χ0n) is 26.2. The molecule has 6 atom stereocenters. The molecule has 46 heavy (non-hydrogen) atoms. The number of carbonyl (C=O) groups is 3. The number of hydrogen-bond acceptors (Lipinski definition) is 8. The van der Waals surface area contributed by atoms with Crippen molar-refractivity contribution < 1.29 is 24.2 Å². The van der Waals surface area contributed by atoms with Gasteiger partial charge in [0.05, 0.1) is 41.4 Å². The van der Waals surface area contributed by atoms with Crippen LogP contribution in [0.4, 0.5) is 5.69 Å². The Morgan fingerprint density at radius 1 is 0.978 bits per heavy atom. The zero-order chi connectivity index (χ0) is 32.2. The van der Waals surface area contributed by atoms with Gasteiger partial charge < -0.3 is 24.5 Å². The first-order valence-corrected chi connectivity index (χ1v) is 16.7. The van der Waals surface area contributed by atoms with Gasteiger partial charge in [-0.15, -0.1) is 16.9 Å². The molecule has 0 aliphatic carbocycles. The molecule has 0 bridgehead atoms. The highest BCUT2D eigenvalue weighted by Crippen LogP contribution is 2.66. The topological polar surface area (TPSA) is 121 Å². The van der Waals surface area contributed by atoms with Crippen LogP contribution in [0.1, 0.15) is 27.2 Å². The average molecular weight is 643 g/mol. The average Bonchev–Trinajstić information content (AvgIpc) is 3.59. The van der Waals surface area contributed by atoms with Crippen molar-refractivity contribution in [2.45, 2.75) is 55.4 Å². The van der Waals surface area contributed by atoms with Crippen LogP contribution >= 0.6 is 11.8 Å². The van der Waals surface area contributed by atoms with Crippen molar-refractivity contribution in [3.63, 3.8) is 0 Å². The maximum atomic E-state index is 14.8. The van der Waals surface area contributed by atoms with Crippen LogP contribution in [-0.4, -0.2) is 95.5 Å². The third-order valence-corrected chi connectivity index (χ3v) is 11.6. The monoisotopic (exact) mass is 642 g/mol. The second-order valence-electron chi connectivity index (χ2n) is 12.4. The highest BCUT2D eigenvalue weighted by atomic mass is 32.2. The lowest BCUT2D eigenvalue weighted by Gasteiger charge is -2.39. The minimum absolute atomic E-state index is 0.147. The van der Waals surface area contributed by atoms with Crippen molar-refractivity contribution >= 4 is 46.2 Å². The van der Waals surface area contributed by atoms with Gasteiger partial charge in [0.15, 0.2) is 0 Å². The number of likely N-dealkylation sites (tertiary alicyclic amines) is 1. The standard InChI is InChI=1S/C34H38N6O5S/c1-4-22(20-41)40-29-32(44)37(21-39-26-11-7-6-10-25(26)35-36-39)18-9-17-34(29)28(31(40)43)27-30(42)38(19-8-16-33(27,3)46-34)23-12-14-24(15-13-23)45-5-2/h6-17,22,27-29,41H,4-5,18-21H2,1-3H3/t22-,27-,28-,29?,33+,34-/m0/s1. The van der Waals surface area contributed by atoms with Crippen LogP contribution in [0.2, 0.25) is 0 Å². The van der Waals surface area contributed by atoms with E-state index in [1.165, 1.54) is 11.8 Å². The summed E-state index contributed by atoms with van der Waals surface area (Å²) in [5.74, 6) is -1.49. The summed E-state index contributed by atoms with van der Waals surface area (Å²) in [6.07, 6.45) is 8.44. The van der Waals surface area contributed by atoms with Gasteiger partial charge in [0, 0.05) is 23.5 Å². The molecule has 1 unspecified atom stereocenters. The molecule has 7 rings (SSSR count). The van der Waals surface area contributed by atoms with Crippen LogP contribution in [0.15, 0.2) is 72.8 Å². The molecule has 3 amide bonds. The fourth-order valence-electron chi connectivity index (χ4n) is 7.75. The maximum absolute atomic E-state index is 14.8. The lowest BCUT2D eigenvalue weighted by atomic mass is 9.74. The number of aliphatic hydroxyl groups excluding tert-OH is 1. The Hall–Kier alpha value is -4.16. The normalized spacial score (nSPS) is 29.5. The number of nitrogens with zero attached hydrogens (tertiary/aromatic N) is 6. The van der Waals surface area contributed by atoms with Crippen molar-refractivity contribution in [2.24, 2.45) is 11.8 Å². The molecular formula is C34H38N6O5S. The lowest BCUT2D eigenvalue weighted by Crippen LogP contribution is -2.56. The summed E-state index contributed by atoms with van der Waals surface area (Å²) in [5.41, 5.74) is 2.24. The largest absolute Gasteiger partial charge is 0.494 e. The van der Waals surface area contributed by atoms with E-state index >= 15 is 0 Å². The first-order chi connectivity index (χ1) is 22.3. The number of benzene rings is 2. The van der Waals surface area contributed by atoms with Gasteiger partial charge in [0.1, 0.15) is 24.0 Å². The number of carbonyl (C=O) groups excluding carboxylic acids is 3. The van der Waals surface area contributed by atoms with E-state index in [1.54, 1.807) is 19.4 Å². The zero-order valence-corrected chi connectivity index (χ0v) is 27.0. The Balaban J connectivity index is 1.29. The smallest absolute Gasteiger partial charge is 0.248 e. The van der Waals surface area contributed by atoms with Crippen LogP contribution in [-0.2, 0) is 21.1 Å². The molecule has 0 radical (unpaired) electrons. The maximum Gasteiger partial charge on any atom is 0.248 e. The van der Waals surface area contributed by atoms with Gasteiger partial charge in [0.25, 0.3) is 0 Å². The Morgan fingerprint density at radius 2 is 1.74 bits per heavy atom. The number of amides is 3. The van der Waals surface area contributed by atoms with Crippen LogP contribution in [0, 0.1) is 11.8 Å². The molecule has 1 spiro atoms. The molecule has 12 heteroatoms. The van der Waals surface area contributed by atoms with E-state index in [2.05, 4.69) is 10.3 Å². The number of aromatic nitrogens is 3. The van der Waals surface area contributed by atoms with Gasteiger partial charge in [-0.05, 0) is 56.7 Å². The molecule has 3 aromatic rings. The lowest BCUT2D eigenvalue weighted by molar-refractivity contribution is -0.146. The Bertz CT molecular complexity index is 1740. The molecule has 1 N–H and O–H groups in total. The van der Waals surface area contributed by atoms with E-state index in [0.29, 0.717) is 37.6 Å². The minimum atomic E-state index is -1.02. The third kappa shape index (κ3) is 4.56. The van der Waals surface area contributed by atoms with Crippen molar-refractivity contribution in [2.75, 3.05) is 31.2 Å². The van der Waals surface area contributed by atoms with E-state index in [4.69, 9.17) is 4.74 Å². The summed E-state index contributed by atoms with van der Waals surface area (Å²) in [6.45, 7) is 6.89. The first-order valence-electron chi connectivity index (χ1n) is 15.9. The number of fused-ring (bicyclic) bond motifs is 3. The highest BCUT2D eigenvalue weighted by molar-refractivity contribution is 8.02. The van der Waals surface area contributed by atoms with Gasteiger partial charge in [-0.2, -0.15) is 0 Å². The van der Waals surface area contributed by atoms with Gasteiger partial charge in [0.2, 0.25) is 17.7 Å². The Kier molecular flexibility index (Phi) is 7.67. The quantitative estimate of drug-likeness (QED) is 0.372. The number of anilines is 1. The molecule has 4 aliphatic rings. The van der Waals surface area contributed by atoms with Crippen molar-refractivity contribution in [3.05, 3.63) is 72.8 Å². The number of para-hydroxylation sites is 1. The predicted molar refractivity (Wildman–Crippen MR) is 175 cm³/mol. The number of rotatable bonds is 8. The van der Waals surface area contributed by atoms with Gasteiger partial charge in [-0.25, -0.2) is 4.68 Å². The summed E-state index contributed by atoms with van der Waals surface area (Å²) in [5, 5.41) is 19.0. The highest BCUT2D eigenvalue weighted by Gasteiger charge is 2.74. The molecule has 11 nitrogen and oxygen atoms in total. The van der Waals surface area contributed by atoms with Gasteiger partial charge in [-0.3, -0.25) is 14.4 Å². The van der Waals surface area contributed by atoms with E-state index in [0.717, 1.165) is 11.0 Å². The SMILES string of the molecule is CCOc1ccc(N2CC=C[C@@]3(C)S[C@]45C=CCN(Cn6nnc7ccccc76)C(=O)C4N([C@@H](CC)CO)C(=O)[C@@H]5[C@H]3C2=O)cc1. The van der Waals surface area contributed by atoms with Crippen LogP contribution < -0.4 is 9.64 Å². The summed E-state index contributed by atoms with van der Waals surface area (Å²) in [7, 11) is 0. The van der Waals surface area contributed by atoms with Crippen molar-refractivity contribution in [1.29, 1.82) is 0 Å². The second-order valence-corrected chi connectivity index (χ2v) is 14.2. The molecule has 2 saturated heterocycles.